The van der Waals surface area contributed by atoms with E-state index < -0.39 is 10.8 Å². The molecule has 0 aliphatic carbocycles. The number of anilines is 1. The minimum atomic E-state index is -0.533. The number of nitrogens with zero attached hydrogens (tertiary/aromatic N) is 1. The lowest BCUT2D eigenvalue weighted by Crippen LogP contribution is -2.09. The van der Waals surface area contributed by atoms with Crippen molar-refractivity contribution in [3.63, 3.8) is 0 Å². The van der Waals surface area contributed by atoms with Crippen LogP contribution in [0, 0.1) is 10.1 Å². The summed E-state index contributed by atoms with van der Waals surface area (Å²) in [6.07, 6.45) is 2.97. The Hall–Kier alpha value is -4.33. The van der Waals surface area contributed by atoms with E-state index >= 15 is 0 Å². The molecule has 0 fully saturated rings. The number of amides is 1. The van der Waals surface area contributed by atoms with E-state index in [1.807, 2.05) is 30.3 Å². The van der Waals surface area contributed by atoms with Crippen LogP contribution in [0.3, 0.4) is 0 Å². The van der Waals surface area contributed by atoms with Gasteiger partial charge in [0.1, 0.15) is 12.4 Å². The zero-order valence-electron chi connectivity index (χ0n) is 17.6. The number of hydrogen-bond donors (Lipinski definition) is 1. The molecular weight excluding hydrogens is 412 g/mol. The first-order chi connectivity index (χ1) is 15.5. The molecule has 3 aromatic rings. The molecule has 0 saturated carbocycles. The molecule has 0 unspecified atom stereocenters. The van der Waals surface area contributed by atoms with Gasteiger partial charge in [0.05, 0.1) is 30.9 Å². The van der Waals surface area contributed by atoms with Gasteiger partial charge in [-0.15, -0.1) is 0 Å². The molecular formula is C24H22N2O6. The number of non-ortho nitro benzene ring substituents is 1. The standard InChI is InChI=1S/C24H22N2O6/c1-30-22-15-19(26(28)29)10-11-20(22)25-24(27)13-9-17-8-12-21(23(14-17)31-2)32-16-18-6-4-3-5-7-18/h3-15H,16H2,1-2H3,(H,25,27)/b13-9+. The summed E-state index contributed by atoms with van der Waals surface area (Å²) in [6.45, 7) is 0.409. The number of methoxy groups -OCH3 is 2. The summed E-state index contributed by atoms with van der Waals surface area (Å²) >= 11 is 0. The van der Waals surface area contributed by atoms with Crippen molar-refractivity contribution in [2.45, 2.75) is 6.61 Å². The summed E-state index contributed by atoms with van der Waals surface area (Å²) in [5, 5.41) is 13.5. The molecule has 0 aliphatic heterocycles. The number of nitrogens with one attached hydrogen (secondary N) is 1. The topological polar surface area (TPSA) is 99.9 Å². The van der Waals surface area contributed by atoms with Crippen molar-refractivity contribution < 1.29 is 23.9 Å². The lowest BCUT2D eigenvalue weighted by molar-refractivity contribution is -0.384. The fourth-order valence-electron chi connectivity index (χ4n) is 2.89. The lowest BCUT2D eigenvalue weighted by atomic mass is 10.2. The molecule has 0 bridgehead atoms. The van der Waals surface area contributed by atoms with Crippen molar-refractivity contribution in [1.82, 2.24) is 0 Å². The maximum Gasteiger partial charge on any atom is 0.273 e. The first-order valence-electron chi connectivity index (χ1n) is 9.66. The molecule has 164 valence electrons. The molecule has 0 spiro atoms. The molecule has 0 aromatic heterocycles. The van der Waals surface area contributed by atoms with E-state index in [0.29, 0.717) is 23.8 Å². The Kier molecular flexibility index (Phi) is 7.42. The van der Waals surface area contributed by atoms with Crippen LogP contribution in [0.2, 0.25) is 0 Å². The quantitative estimate of drug-likeness (QED) is 0.294. The fourth-order valence-corrected chi connectivity index (χ4v) is 2.89. The predicted octanol–water partition coefficient (Wildman–Crippen LogP) is 4.84. The van der Waals surface area contributed by atoms with Crippen LogP contribution in [-0.4, -0.2) is 25.1 Å². The van der Waals surface area contributed by atoms with Gasteiger partial charge in [0, 0.05) is 12.1 Å². The molecule has 1 amide bonds. The van der Waals surface area contributed by atoms with Gasteiger partial charge in [0.15, 0.2) is 11.5 Å². The maximum absolute atomic E-state index is 12.3. The molecule has 3 aromatic carbocycles. The van der Waals surface area contributed by atoms with Gasteiger partial charge in [0.2, 0.25) is 5.91 Å². The third-order valence-electron chi connectivity index (χ3n) is 4.51. The van der Waals surface area contributed by atoms with Crippen LogP contribution in [0.5, 0.6) is 17.2 Å². The summed E-state index contributed by atoms with van der Waals surface area (Å²) in [5.41, 5.74) is 1.98. The van der Waals surface area contributed by atoms with Gasteiger partial charge in [-0.25, -0.2) is 0 Å². The number of benzene rings is 3. The van der Waals surface area contributed by atoms with Crippen LogP contribution in [0.1, 0.15) is 11.1 Å². The van der Waals surface area contributed by atoms with Crippen molar-refractivity contribution >= 4 is 23.4 Å². The van der Waals surface area contributed by atoms with Crippen LogP contribution in [0.25, 0.3) is 6.08 Å². The highest BCUT2D eigenvalue weighted by Crippen LogP contribution is 2.30. The highest BCUT2D eigenvalue weighted by Gasteiger charge is 2.12. The minimum Gasteiger partial charge on any atom is -0.494 e. The monoisotopic (exact) mass is 434 g/mol. The fraction of sp³-hybridized carbons (Fsp3) is 0.125. The molecule has 0 aliphatic rings. The van der Waals surface area contributed by atoms with Gasteiger partial charge < -0.3 is 19.5 Å². The zero-order chi connectivity index (χ0) is 22.9. The van der Waals surface area contributed by atoms with E-state index in [9.17, 15) is 14.9 Å². The summed E-state index contributed by atoms with van der Waals surface area (Å²) in [4.78, 5) is 22.7. The van der Waals surface area contributed by atoms with Crippen LogP contribution in [0.15, 0.2) is 72.8 Å². The van der Waals surface area contributed by atoms with Crippen LogP contribution >= 0.6 is 0 Å². The summed E-state index contributed by atoms with van der Waals surface area (Å²) in [5.74, 6) is 0.914. The van der Waals surface area contributed by atoms with E-state index in [1.54, 1.807) is 31.4 Å². The van der Waals surface area contributed by atoms with Crippen molar-refractivity contribution in [3.8, 4) is 17.2 Å². The average molecular weight is 434 g/mol. The molecule has 0 radical (unpaired) electrons. The number of nitro benzene ring substituents is 1. The second-order valence-corrected chi connectivity index (χ2v) is 6.65. The minimum absolute atomic E-state index is 0.128. The van der Waals surface area contributed by atoms with E-state index in [1.165, 1.54) is 31.4 Å². The molecule has 32 heavy (non-hydrogen) atoms. The Morgan fingerprint density at radius 3 is 2.41 bits per heavy atom. The van der Waals surface area contributed by atoms with Gasteiger partial charge in [-0.1, -0.05) is 36.4 Å². The number of rotatable bonds is 9. The van der Waals surface area contributed by atoms with Gasteiger partial charge in [-0.3, -0.25) is 14.9 Å². The highest BCUT2D eigenvalue weighted by atomic mass is 16.6. The largest absolute Gasteiger partial charge is 0.494 e. The second kappa shape index (κ2) is 10.6. The van der Waals surface area contributed by atoms with Crippen molar-refractivity contribution in [2.75, 3.05) is 19.5 Å². The number of carbonyl (C=O) groups is 1. The third kappa shape index (κ3) is 5.85. The molecule has 0 heterocycles. The summed E-state index contributed by atoms with van der Waals surface area (Å²) < 4.78 is 16.4. The van der Waals surface area contributed by atoms with Gasteiger partial charge in [-0.2, -0.15) is 0 Å². The number of nitro groups is 1. The molecule has 0 saturated heterocycles. The number of hydrogen-bond acceptors (Lipinski definition) is 6. The van der Waals surface area contributed by atoms with E-state index in [2.05, 4.69) is 5.32 Å². The first kappa shape index (κ1) is 22.4. The Morgan fingerprint density at radius 2 is 1.72 bits per heavy atom. The second-order valence-electron chi connectivity index (χ2n) is 6.65. The van der Waals surface area contributed by atoms with E-state index in [0.717, 1.165) is 11.1 Å². The van der Waals surface area contributed by atoms with Crippen LogP contribution in [-0.2, 0) is 11.4 Å². The average Bonchev–Trinajstić information content (AvgIpc) is 2.82. The Labute approximate surface area is 185 Å². The van der Waals surface area contributed by atoms with Gasteiger partial charge in [0.25, 0.3) is 5.69 Å². The lowest BCUT2D eigenvalue weighted by Gasteiger charge is -2.11. The zero-order valence-corrected chi connectivity index (χ0v) is 17.6. The Morgan fingerprint density at radius 1 is 0.969 bits per heavy atom. The molecule has 3 rings (SSSR count). The first-order valence-corrected chi connectivity index (χ1v) is 9.66. The molecule has 8 heteroatoms. The van der Waals surface area contributed by atoms with E-state index in [4.69, 9.17) is 14.2 Å². The predicted molar refractivity (Wildman–Crippen MR) is 121 cm³/mol. The number of carbonyl (C=O) groups excluding carboxylic acids is 1. The molecule has 8 nitrogen and oxygen atoms in total. The SMILES string of the molecule is COc1cc([N+](=O)[O-])ccc1NC(=O)/C=C/c1ccc(OCc2ccccc2)c(OC)c1. The maximum atomic E-state index is 12.3. The summed E-state index contributed by atoms with van der Waals surface area (Å²) in [6, 6.07) is 19.1. The third-order valence-corrected chi connectivity index (χ3v) is 4.51. The molecule has 1 N–H and O–H groups in total. The molecule has 0 atom stereocenters. The smallest absolute Gasteiger partial charge is 0.273 e. The van der Waals surface area contributed by atoms with Gasteiger partial charge in [-0.05, 0) is 35.4 Å². The van der Waals surface area contributed by atoms with Crippen molar-refractivity contribution in [3.05, 3.63) is 94.0 Å². The van der Waals surface area contributed by atoms with Crippen molar-refractivity contribution in [1.29, 1.82) is 0 Å². The normalized spacial score (nSPS) is 10.6. The van der Waals surface area contributed by atoms with Crippen molar-refractivity contribution in [2.24, 2.45) is 0 Å². The highest BCUT2D eigenvalue weighted by molar-refractivity contribution is 6.02. The van der Waals surface area contributed by atoms with Crippen LogP contribution in [0.4, 0.5) is 11.4 Å². The van der Waals surface area contributed by atoms with E-state index in [-0.39, 0.29) is 11.4 Å². The van der Waals surface area contributed by atoms with Gasteiger partial charge >= 0.3 is 0 Å². The van der Waals surface area contributed by atoms with Crippen LogP contribution < -0.4 is 19.5 Å². The Balaban J connectivity index is 1.66. The number of ether oxygens (including phenoxy) is 3. The Bertz CT molecular complexity index is 1130. The summed E-state index contributed by atoms with van der Waals surface area (Å²) in [7, 11) is 2.92.